The molecule has 1 N–H and O–H groups in total. The van der Waals surface area contributed by atoms with Gasteiger partial charge < -0.3 is 10.1 Å². The Bertz CT molecular complexity index is 634. The molecule has 2 rings (SSSR count). The maximum Gasteiger partial charge on any atom is 0.167 e. The first-order chi connectivity index (χ1) is 9.52. The van der Waals surface area contributed by atoms with Gasteiger partial charge in [0, 0.05) is 23.9 Å². The number of anilines is 1. The van der Waals surface area contributed by atoms with E-state index in [1.54, 1.807) is 6.07 Å². The molecule has 2 nitrogen and oxygen atoms in total. The maximum atomic E-state index is 13.7. The Morgan fingerprint density at radius 2 is 1.85 bits per heavy atom. The highest BCUT2D eigenvalue weighted by Gasteiger charge is 2.12. The number of nitrogens with one attached hydrogen (secondary N) is 1. The maximum absolute atomic E-state index is 13.7. The van der Waals surface area contributed by atoms with Crippen LogP contribution >= 0.6 is 15.9 Å². The first kappa shape index (κ1) is 14.7. The lowest BCUT2D eigenvalue weighted by Crippen LogP contribution is -2.05. The molecule has 2 aromatic rings. The highest BCUT2D eigenvalue weighted by molar-refractivity contribution is 9.10. The summed E-state index contributed by atoms with van der Waals surface area (Å²) in [5.74, 6) is -1.78. The molecule has 2 aromatic carbocycles. The molecule has 0 unspecified atom stereocenters. The standard InChI is InChI=1S/C14H11BrF3NO/c1-20-13-5-2-8(6-12(13)17)19-7-9-11(16)4-3-10(15)14(9)18/h2-6,19H,7H2,1H3. The van der Waals surface area contributed by atoms with Crippen LogP contribution in [0.3, 0.4) is 0 Å². The van der Waals surface area contributed by atoms with Gasteiger partial charge in [0.2, 0.25) is 0 Å². The quantitative estimate of drug-likeness (QED) is 0.824. The van der Waals surface area contributed by atoms with E-state index in [2.05, 4.69) is 21.2 Å². The van der Waals surface area contributed by atoms with Gasteiger partial charge in [0.15, 0.2) is 11.6 Å². The zero-order chi connectivity index (χ0) is 14.7. The van der Waals surface area contributed by atoms with Gasteiger partial charge in [0.25, 0.3) is 0 Å². The molecule has 6 heteroatoms. The van der Waals surface area contributed by atoms with Crippen molar-refractivity contribution in [2.45, 2.75) is 6.54 Å². The third-order valence-corrected chi connectivity index (χ3v) is 3.37. The summed E-state index contributed by atoms with van der Waals surface area (Å²) in [6, 6.07) is 6.66. The van der Waals surface area contributed by atoms with Gasteiger partial charge in [-0.1, -0.05) is 0 Å². The normalized spacial score (nSPS) is 10.4. The molecule has 0 fully saturated rings. The zero-order valence-corrected chi connectivity index (χ0v) is 12.1. The summed E-state index contributed by atoms with van der Waals surface area (Å²) < 4.78 is 45.7. The predicted molar refractivity (Wildman–Crippen MR) is 74.3 cm³/mol. The second kappa shape index (κ2) is 6.17. The topological polar surface area (TPSA) is 21.3 Å². The predicted octanol–water partition coefficient (Wildman–Crippen LogP) is 4.49. The average Bonchev–Trinajstić information content (AvgIpc) is 2.43. The Kier molecular flexibility index (Phi) is 4.54. The number of benzene rings is 2. The Morgan fingerprint density at radius 3 is 2.50 bits per heavy atom. The Morgan fingerprint density at radius 1 is 1.10 bits per heavy atom. The van der Waals surface area contributed by atoms with Crippen LogP contribution in [0.2, 0.25) is 0 Å². The molecule has 106 valence electrons. The van der Waals surface area contributed by atoms with Gasteiger partial charge in [-0.15, -0.1) is 0 Å². The minimum Gasteiger partial charge on any atom is -0.494 e. The van der Waals surface area contributed by atoms with Gasteiger partial charge in [0.05, 0.1) is 11.6 Å². The van der Waals surface area contributed by atoms with E-state index < -0.39 is 17.5 Å². The second-order valence-corrected chi connectivity index (χ2v) is 4.88. The van der Waals surface area contributed by atoms with E-state index in [0.717, 1.165) is 0 Å². The molecular weight excluding hydrogens is 335 g/mol. The molecule has 0 radical (unpaired) electrons. The van der Waals surface area contributed by atoms with E-state index >= 15 is 0 Å². The van der Waals surface area contributed by atoms with Crippen molar-refractivity contribution in [3.63, 3.8) is 0 Å². The van der Waals surface area contributed by atoms with Crippen LogP contribution < -0.4 is 10.1 Å². The van der Waals surface area contributed by atoms with Crippen LogP contribution in [-0.2, 0) is 6.54 Å². The molecule has 0 atom stereocenters. The lowest BCUT2D eigenvalue weighted by molar-refractivity contribution is 0.386. The second-order valence-electron chi connectivity index (χ2n) is 4.02. The minimum absolute atomic E-state index is 0.0944. The fraction of sp³-hybridized carbons (Fsp3) is 0.143. The van der Waals surface area contributed by atoms with Gasteiger partial charge in [-0.05, 0) is 40.2 Å². The Balaban J connectivity index is 2.17. The number of rotatable bonds is 4. The van der Waals surface area contributed by atoms with E-state index in [1.807, 2.05) is 0 Å². The third-order valence-electron chi connectivity index (χ3n) is 2.76. The molecule has 0 bridgehead atoms. The molecule has 0 aromatic heterocycles. The van der Waals surface area contributed by atoms with Gasteiger partial charge in [-0.3, -0.25) is 0 Å². The van der Waals surface area contributed by atoms with Crippen LogP contribution in [0.1, 0.15) is 5.56 Å². The van der Waals surface area contributed by atoms with Crippen molar-refractivity contribution in [1.29, 1.82) is 0 Å². The van der Waals surface area contributed by atoms with Gasteiger partial charge in [-0.2, -0.15) is 0 Å². The molecule has 0 saturated carbocycles. The van der Waals surface area contributed by atoms with Crippen LogP contribution in [-0.4, -0.2) is 7.11 Å². The fourth-order valence-corrected chi connectivity index (χ4v) is 2.07. The summed E-state index contributed by atoms with van der Waals surface area (Å²) in [7, 11) is 1.36. The lowest BCUT2D eigenvalue weighted by atomic mass is 10.2. The summed E-state index contributed by atoms with van der Waals surface area (Å²) in [6.07, 6.45) is 0. The van der Waals surface area contributed by atoms with E-state index in [9.17, 15) is 13.2 Å². The molecule has 0 heterocycles. The first-order valence-corrected chi connectivity index (χ1v) is 6.52. The summed E-state index contributed by atoms with van der Waals surface area (Å²) in [5, 5.41) is 2.77. The zero-order valence-electron chi connectivity index (χ0n) is 10.5. The number of hydrogen-bond donors (Lipinski definition) is 1. The number of halogens is 4. The van der Waals surface area contributed by atoms with E-state index in [-0.39, 0.29) is 22.3 Å². The summed E-state index contributed by atoms with van der Waals surface area (Å²) in [4.78, 5) is 0. The highest BCUT2D eigenvalue weighted by atomic mass is 79.9. The molecule has 0 amide bonds. The van der Waals surface area contributed by atoms with E-state index in [0.29, 0.717) is 5.69 Å². The van der Waals surface area contributed by atoms with Crippen LogP contribution in [0.5, 0.6) is 5.75 Å². The Labute approximate surface area is 122 Å². The smallest absolute Gasteiger partial charge is 0.167 e. The molecule has 0 spiro atoms. The van der Waals surface area contributed by atoms with Crippen LogP contribution in [0.4, 0.5) is 18.9 Å². The first-order valence-electron chi connectivity index (χ1n) is 5.72. The number of methoxy groups -OCH3 is 1. The molecule has 0 aliphatic carbocycles. The fourth-order valence-electron chi connectivity index (χ4n) is 1.70. The minimum atomic E-state index is -0.675. The van der Waals surface area contributed by atoms with Crippen molar-refractivity contribution in [2.24, 2.45) is 0 Å². The van der Waals surface area contributed by atoms with Crippen LogP contribution in [0.15, 0.2) is 34.8 Å². The van der Waals surface area contributed by atoms with Crippen LogP contribution in [0, 0.1) is 17.5 Å². The van der Waals surface area contributed by atoms with Crippen LogP contribution in [0.25, 0.3) is 0 Å². The van der Waals surface area contributed by atoms with Crippen molar-refractivity contribution in [1.82, 2.24) is 0 Å². The number of ether oxygens (including phenoxy) is 1. The third kappa shape index (κ3) is 3.07. The van der Waals surface area contributed by atoms with Crippen molar-refractivity contribution >= 4 is 21.6 Å². The van der Waals surface area contributed by atoms with Gasteiger partial charge in [0.1, 0.15) is 11.6 Å². The molecular formula is C14H11BrF3NO. The van der Waals surface area contributed by atoms with Crippen molar-refractivity contribution in [3.8, 4) is 5.75 Å². The lowest BCUT2D eigenvalue weighted by Gasteiger charge is -2.10. The van der Waals surface area contributed by atoms with Crippen molar-refractivity contribution in [2.75, 3.05) is 12.4 Å². The summed E-state index contributed by atoms with van der Waals surface area (Å²) in [6.45, 7) is -0.0944. The summed E-state index contributed by atoms with van der Waals surface area (Å²) in [5.41, 5.74) is 0.290. The van der Waals surface area contributed by atoms with Crippen molar-refractivity contribution < 1.29 is 17.9 Å². The molecule has 0 aliphatic heterocycles. The van der Waals surface area contributed by atoms with Gasteiger partial charge >= 0.3 is 0 Å². The average molecular weight is 346 g/mol. The largest absolute Gasteiger partial charge is 0.494 e. The van der Waals surface area contributed by atoms with E-state index in [4.69, 9.17) is 4.74 Å². The SMILES string of the molecule is COc1ccc(NCc2c(F)ccc(Br)c2F)cc1F. The molecule has 0 aliphatic rings. The monoisotopic (exact) mass is 345 g/mol. The summed E-state index contributed by atoms with van der Waals surface area (Å²) >= 11 is 2.99. The molecule has 20 heavy (non-hydrogen) atoms. The number of hydrogen-bond acceptors (Lipinski definition) is 2. The highest BCUT2D eigenvalue weighted by Crippen LogP contribution is 2.24. The Hall–Kier alpha value is -1.69. The van der Waals surface area contributed by atoms with E-state index in [1.165, 1.54) is 31.4 Å². The van der Waals surface area contributed by atoms with Gasteiger partial charge in [-0.25, -0.2) is 13.2 Å². The molecule has 0 saturated heterocycles. The van der Waals surface area contributed by atoms with Crippen molar-refractivity contribution in [3.05, 3.63) is 57.8 Å².